The minimum atomic E-state index is -0.640. The van der Waals surface area contributed by atoms with E-state index >= 15 is 0 Å². The lowest BCUT2D eigenvalue weighted by atomic mass is 10.1. The second-order valence-corrected chi connectivity index (χ2v) is 7.32. The van der Waals surface area contributed by atoms with Crippen molar-refractivity contribution in [2.45, 2.75) is 26.3 Å². The fraction of sp³-hybridized carbons (Fsp3) is 0.600. The van der Waals surface area contributed by atoms with Crippen molar-refractivity contribution in [2.75, 3.05) is 36.0 Å². The number of nitrogens with one attached hydrogen (secondary N) is 1. The topological polar surface area (TPSA) is 32.3 Å². The Balaban J connectivity index is 2.07. The number of hydrogen-bond acceptors (Lipinski definition) is 3. The van der Waals surface area contributed by atoms with Crippen molar-refractivity contribution in [3.8, 4) is 0 Å². The van der Waals surface area contributed by atoms with Crippen LogP contribution in [0.2, 0.25) is 5.02 Å². The Morgan fingerprint density at radius 3 is 2.70 bits per heavy atom. The SMILES string of the molecule is CCCNC(C)c1ccc(N2CCS(=O)CC2)cc1Cl. The molecule has 0 saturated carbocycles. The summed E-state index contributed by atoms with van der Waals surface area (Å²) in [5.74, 6) is 1.52. The van der Waals surface area contributed by atoms with Gasteiger partial charge >= 0.3 is 0 Å². The average Bonchev–Trinajstić information content (AvgIpc) is 2.45. The van der Waals surface area contributed by atoms with Gasteiger partial charge < -0.3 is 10.2 Å². The monoisotopic (exact) mass is 314 g/mol. The highest BCUT2D eigenvalue weighted by molar-refractivity contribution is 7.85. The molecule has 1 aromatic rings. The normalized spacial score (nSPS) is 18.2. The van der Waals surface area contributed by atoms with Gasteiger partial charge in [0.15, 0.2) is 0 Å². The van der Waals surface area contributed by atoms with Gasteiger partial charge in [0.25, 0.3) is 0 Å². The maximum absolute atomic E-state index is 11.4. The van der Waals surface area contributed by atoms with Crippen LogP contribution in [0, 0.1) is 0 Å². The molecule has 1 fully saturated rings. The zero-order valence-electron chi connectivity index (χ0n) is 12.2. The molecule has 0 aliphatic carbocycles. The Kier molecular flexibility index (Phi) is 5.87. The molecule has 0 spiro atoms. The van der Waals surface area contributed by atoms with E-state index in [1.165, 1.54) is 0 Å². The largest absolute Gasteiger partial charge is 0.370 e. The van der Waals surface area contributed by atoms with E-state index < -0.39 is 10.8 Å². The molecule has 1 aromatic carbocycles. The lowest BCUT2D eigenvalue weighted by Gasteiger charge is -2.29. The second-order valence-electron chi connectivity index (χ2n) is 5.22. The van der Waals surface area contributed by atoms with E-state index in [0.29, 0.717) is 0 Å². The van der Waals surface area contributed by atoms with E-state index in [1.54, 1.807) is 0 Å². The highest BCUT2D eigenvalue weighted by Gasteiger charge is 2.17. The molecule has 1 saturated heterocycles. The number of anilines is 1. The summed E-state index contributed by atoms with van der Waals surface area (Å²) >= 11 is 6.42. The molecule has 1 heterocycles. The van der Waals surface area contributed by atoms with Crippen molar-refractivity contribution in [1.82, 2.24) is 5.32 Å². The van der Waals surface area contributed by atoms with Gasteiger partial charge in [0.2, 0.25) is 0 Å². The Bertz CT molecular complexity index is 471. The van der Waals surface area contributed by atoms with Crippen LogP contribution in [0.15, 0.2) is 18.2 Å². The van der Waals surface area contributed by atoms with Crippen LogP contribution >= 0.6 is 11.6 Å². The third-order valence-corrected chi connectivity index (χ3v) is 5.30. The molecule has 0 aromatic heterocycles. The molecule has 0 radical (unpaired) electrons. The molecule has 1 unspecified atom stereocenters. The first-order valence-corrected chi connectivity index (χ1v) is 9.11. The van der Waals surface area contributed by atoms with Gasteiger partial charge in [-0.1, -0.05) is 24.6 Å². The van der Waals surface area contributed by atoms with Crippen LogP contribution in [0.4, 0.5) is 5.69 Å². The molecule has 1 aliphatic rings. The van der Waals surface area contributed by atoms with Crippen molar-refractivity contribution < 1.29 is 4.21 Å². The lowest BCUT2D eigenvalue weighted by Crippen LogP contribution is -2.37. The minimum absolute atomic E-state index is 0.269. The zero-order chi connectivity index (χ0) is 14.5. The van der Waals surface area contributed by atoms with Crippen molar-refractivity contribution in [1.29, 1.82) is 0 Å². The van der Waals surface area contributed by atoms with Crippen LogP contribution in [0.25, 0.3) is 0 Å². The minimum Gasteiger partial charge on any atom is -0.370 e. The number of nitrogens with zero attached hydrogens (tertiary/aromatic N) is 1. The fourth-order valence-corrected chi connectivity index (χ4v) is 3.82. The molecular formula is C15H23ClN2OS. The number of halogens is 1. The second kappa shape index (κ2) is 7.43. The zero-order valence-corrected chi connectivity index (χ0v) is 13.8. The summed E-state index contributed by atoms with van der Waals surface area (Å²) in [5, 5.41) is 4.27. The molecule has 1 atom stereocenters. The molecule has 112 valence electrons. The van der Waals surface area contributed by atoms with Gasteiger partial charge in [-0.05, 0) is 37.6 Å². The summed E-state index contributed by atoms with van der Waals surface area (Å²) in [7, 11) is -0.640. The van der Waals surface area contributed by atoms with Crippen molar-refractivity contribution in [3.63, 3.8) is 0 Å². The van der Waals surface area contributed by atoms with E-state index in [9.17, 15) is 4.21 Å². The molecule has 3 nitrogen and oxygen atoms in total. The average molecular weight is 315 g/mol. The highest BCUT2D eigenvalue weighted by atomic mass is 35.5. The predicted octanol–water partition coefficient (Wildman–Crippen LogP) is 2.97. The van der Waals surface area contributed by atoms with Gasteiger partial charge in [0.1, 0.15) is 0 Å². The van der Waals surface area contributed by atoms with Crippen LogP contribution < -0.4 is 10.2 Å². The third-order valence-electron chi connectivity index (χ3n) is 3.69. The standard InChI is InChI=1S/C15H23ClN2OS/c1-3-6-17-12(2)14-5-4-13(11-15(14)16)18-7-9-20(19)10-8-18/h4-5,11-12,17H,3,6-10H2,1-2H3. The Morgan fingerprint density at radius 2 is 2.10 bits per heavy atom. The molecule has 5 heteroatoms. The molecule has 20 heavy (non-hydrogen) atoms. The Hall–Kier alpha value is -0.580. The van der Waals surface area contributed by atoms with Gasteiger partial charge in [0.05, 0.1) is 0 Å². The Morgan fingerprint density at radius 1 is 1.40 bits per heavy atom. The number of hydrogen-bond donors (Lipinski definition) is 1. The first-order valence-electron chi connectivity index (χ1n) is 7.24. The van der Waals surface area contributed by atoms with Gasteiger partial charge in [-0.25, -0.2) is 0 Å². The summed E-state index contributed by atoms with van der Waals surface area (Å²) in [4.78, 5) is 2.27. The molecular weight excluding hydrogens is 292 g/mol. The lowest BCUT2D eigenvalue weighted by molar-refractivity contribution is 0.571. The van der Waals surface area contributed by atoms with Crippen LogP contribution in [-0.4, -0.2) is 35.3 Å². The van der Waals surface area contributed by atoms with Crippen LogP contribution in [0.5, 0.6) is 0 Å². The fourth-order valence-electron chi connectivity index (χ4n) is 2.43. The Labute approximate surface area is 129 Å². The van der Waals surface area contributed by atoms with E-state index in [-0.39, 0.29) is 6.04 Å². The van der Waals surface area contributed by atoms with E-state index in [1.807, 2.05) is 6.07 Å². The smallest absolute Gasteiger partial charge is 0.0474 e. The van der Waals surface area contributed by atoms with E-state index in [4.69, 9.17) is 11.6 Å². The van der Waals surface area contributed by atoms with Crippen LogP contribution in [-0.2, 0) is 10.8 Å². The third kappa shape index (κ3) is 3.96. The van der Waals surface area contributed by atoms with Gasteiger partial charge in [0, 0.05) is 52.1 Å². The van der Waals surface area contributed by atoms with Crippen LogP contribution in [0.3, 0.4) is 0 Å². The predicted molar refractivity (Wildman–Crippen MR) is 88.3 cm³/mol. The van der Waals surface area contributed by atoms with Crippen molar-refractivity contribution in [3.05, 3.63) is 28.8 Å². The summed E-state index contributed by atoms with van der Waals surface area (Å²) in [5.41, 5.74) is 2.28. The molecule has 0 bridgehead atoms. The molecule has 1 N–H and O–H groups in total. The number of rotatable bonds is 5. The quantitative estimate of drug-likeness (QED) is 0.907. The van der Waals surface area contributed by atoms with E-state index in [0.717, 1.165) is 53.8 Å². The highest BCUT2D eigenvalue weighted by Crippen LogP contribution is 2.28. The maximum atomic E-state index is 11.4. The molecule has 2 rings (SSSR count). The van der Waals surface area contributed by atoms with Crippen molar-refractivity contribution in [2.24, 2.45) is 0 Å². The first-order chi connectivity index (χ1) is 9.61. The molecule has 1 aliphatic heterocycles. The summed E-state index contributed by atoms with van der Waals surface area (Å²) < 4.78 is 11.4. The molecule has 0 amide bonds. The van der Waals surface area contributed by atoms with Gasteiger partial charge in [-0.2, -0.15) is 0 Å². The maximum Gasteiger partial charge on any atom is 0.0474 e. The summed E-state index contributed by atoms with van der Waals surface area (Å²) in [6, 6.07) is 6.54. The first kappa shape index (κ1) is 15.8. The van der Waals surface area contributed by atoms with Gasteiger partial charge in [-0.3, -0.25) is 4.21 Å². The number of benzene rings is 1. The summed E-state index contributed by atoms with van der Waals surface area (Å²) in [6.07, 6.45) is 1.12. The van der Waals surface area contributed by atoms with Crippen molar-refractivity contribution >= 4 is 28.1 Å². The van der Waals surface area contributed by atoms with Crippen LogP contribution in [0.1, 0.15) is 31.9 Å². The summed E-state index contributed by atoms with van der Waals surface area (Å²) in [6.45, 7) is 7.00. The van der Waals surface area contributed by atoms with Gasteiger partial charge in [-0.15, -0.1) is 0 Å². The van der Waals surface area contributed by atoms with E-state index in [2.05, 4.69) is 36.2 Å².